The van der Waals surface area contributed by atoms with Crippen LogP contribution in [0.3, 0.4) is 0 Å². The van der Waals surface area contributed by atoms with Crippen LogP contribution in [0.4, 0.5) is 0 Å². The van der Waals surface area contributed by atoms with Crippen molar-refractivity contribution in [3.8, 4) is 11.6 Å². The highest BCUT2D eigenvalue weighted by molar-refractivity contribution is 7.98. The van der Waals surface area contributed by atoms with Gasteiger partial charge >= 0.3 is 0 Å². The lowest BCUT2D eigenvalue weighted by Gasteiger charge is -2.04. The highest BCUT2D eigenvalue weighted by Crippen LogP contribution is 2.27. The Morgan fingerprint density at radius 2 is 2.25 bits per heavy atom. The van der Waals surface area contributed by atoms with E-state index < -0.39 is 0 Å². The summed E-state index contributed by atoms with van der Waals surface area (Å²) >= 11 is 3.07. The van der Waals surface area contributed by atoms with Crippen LogP contribution in [0, 0.1) is 6.92 Å². The van der Waals surface area contributed by atoms with E-state index in [1.807, 2.05) is 23.6 Å². The molecule has 0 unspecified atom stereocenters. The van der Waals surface area contributed by atoms with Crippen molar-refractivity contribution in [2.24, 2.45) is 0 Å². The third-order valence-electron chi connectivity index (χ3n) is 2.85. The second-order valence-electron chi connectivity index (χ2n) is 4.10. The third kappa shape index (κ3) is 2.48. The molecule has 20 heavy (non-hydrogen) atoms. The number of furan rings is 1. The first-order chi connectivity index (χ1) is 9.79. The lowest BCUT2D eigenvalue weighted by atomic mass is 10.4. The molecule has 3 heterocycles. The lowest BCUT2D eigenvalue weighted by Crippen LogP contribution is -1.99. The summed E-state index contributed by atoms with van der Waals surface area (Å²) in [7, 11) is 0. The fourth-order valence-corrected chi connectivity index (χ4v) is 3.54. The van der Waals surface area contributed by atoms with Gasteiger partial charge < -0.3 is 4.42 Å². The molecule has 8 heteroatoms. The van der Waals surface area contributed by atoms with Gasteiger partial charge in [0.2, 0.25) is 0 Å². The molecule has 0 aliphatic rings. The molecular formula is C12H13N5OS2. The molecule has 0 bridgehead atoms. The largest absolute Gasteiger partial charge is 0.461 e. The van der Waals surface area contributed by atoms with E-state index in [0.29, 0.717) is 0 Å². The summed E-state index contributed by atoms with van der Waals surface area (Å²) in [6, 6.07) is 3.74. The number of hydrogen-bond donors (Lipinski definition) is 0. The SMILES string of the molecule is CCn1c(SCc2snnc2C)nnc1-c1ccco1. The molecule has 0 N–H and O–H groups in total. The molecule has 0 spiro atoms. The zero-order chi connectivity index (χ0) is 13.9. The summed E-state index contributed by atoms with van der Waals surface area (Å²) < 4.78 is 11.4. The first-order valence-electron chi connectivity index (χ1n) is 6.17. The molecule has 0 atom stereocenters. The van der Waals surface area contributed by atoms with Crippen molar-refractivity contribution in [1.82, 2.24) is 24.4 Å². The van der Waals surface area contributed by atoms with Crippen molar-refractivity contribution >= 4 is 23.3 Å². The summed E-state index contributed by atoms with van der Waals surface area (Å²) in [4.78, 5) is 1.17. The zero-order valence-electron chi connectivity index (χ0n) is 11.1. The van der Waals surface area contributed by atoms with Gasteiger partial charge in [0.15, 0.2) is 16.7 Å². The highest BCUT2D eigenvalue weighted by atomic mass is 32.2. The average Bonchev–Trinajstić information content (AvgIpc) is 3.16. The summed E-state index contributed by atoms with van der Waals surface area (Å²) in [5, 5.41) is 13.4. The molecule has 0 saturated carbocycles. The van der Waals surface area contributed by atoms with Crippen LogP contribution < -0.4 is 0 Å². The smallest absolute Gasteiger partial charge is 0.200 e. The maximum Gasteiger partial charge on any atom is 0.200 e. The van der Waals surface area contributed by atoms with E-state index in [1.54, 1.807) is 18.0 Å². The van der Waals surface area contributed by atoms with Crippen LogP contribution in [0.15, 0.2) is 28.0 Å². The molecule has 3 aromatic rings. The van der Waals surface area contributed by atoms with E-state index in [4.69, 9.17) is 4.42 Å². The minimum atomic E-state index is 0.738. The molecule has 0 fully saturated rings. The predicted octanol–water partition coefficient (Wildman–Crippen LogP) is 3.01. The van der Waals surface area contributed by atoms with Crippen molar-refractivity contribution in [2.45, 2.75) is 31.3 Å². The fraction of sp³-hybridized carbons (Fsp3) is 0.333. The van der Waals surface area contributed by atoms with E-state index in [9.17, 15) is 0 Å². The molecular weight excluding hydrogens is 294 g/mol. The van der Waals surface area contributed by atoms with Gasteiger partial charge in [-0.3, -0.25) is 4.57 Å². The molecule has 0 aliphatic carbocycles. The number of aromatic nitrogens is 5. The van der Waals surface area contributed by atoms with Crippen LogP contribution >= 0.6 is 23.3 Å². The van der Waals surface area contributed by atoms with Crippen molar-refractivity contribution < 1.29 is 4.42 Å². The van der Waals surface area contributed by atoms with Gasteiger partial charge in [0, 0.05) is 12.3 Å². The van der Waals surface area contributed by atoms with Gasteiger partial charge in [-0.2, -0.15) is 0 Å². The Morgan fingerprint density at radius 1 is 1.35 bits per heavy atom. The molecule has 0 aliphatic heterocycles. The van der Waals surface area contributed by atoms with Crippen LogP contribution in [0.5, 0.6) is 0 Å². The maximum atomic E-state index is 5.39. The Balaban J connectivity index is 1.82. The monoisotopic (exact) mass is 307 g/mol. The van der Waals surface area contributed by atoms with Gasteiger partial charge in [-0.1, -0.05) is 16.3 Å². The summed E-state index contributed by atoms with van der Waals surface area (Å²) in [6.45, 7) is 4.84. The number of hydrogen-bond acceptors (Lipinski definition) is 7. The Kier molecular flexibility index (Phi) is 3.83. The van der Waals surface area contributed by atoms with Crippen LogP contribution in [0.2, 0.25) is 0 Å². The van der Waals surface area contributed by atoms with Gasteiger partial charge in [-0.15, -0.1) is 15.3 Å². The first kappa shape index (κ1) is 13.3. The molecule has 3 rings (SSSR count). The van der Waals surface area contributed by atoms with Crippen LogP contribution in [0.1, 0.15) is 17.5 Å². The third-order valence-corrected chi connectivity index (χ3v) is 4.85. The van der Waals surface area contributed by atoms with E-state index in [-0.39, 0.29) is 0 Å². The molecule has 6 nitrogen and oxygen atoms in total. The van der Waals surface area contributed by atoms with E-state index >= 15 is 0 Å². The lowest BCUT2D eigenvalue weighted by molar-refractivity contribution is 0.567. The topological polar surface area (TPSA) is 69.6 Å². The van der Waals surface area contributed by atoms with Crippen molar-refractivity contribution in [1.29, 1.82) is 0 Å². The van der Waals surface area contributed by atoms with Gasteiger partial charge in [-0.05, 0) is 37.5 Å². The minimum absolute atomic E-state index is 0.738. The number of thioether (sulfide) groups is 1. The molecule has 104 valence electrons. The maximum absolute atomic E-state index is 5.39. The highest BCUT2D eigenvalue weighted by Gasteiger charge is 2.15. The zero-order valence-corrected chi connectivity index (χ0v) is 12.7. The van der Waals surface area contributed by atoms with E-state index in [2.05, 4.69) is 26.7 Å². The Bertz CT molecular complexity index is 689. The standard InChI is InChI=1S/C12H13N5OS2/c1-3-17-11(9-5-4-6-18-9)14-15-12(17)19-7-10-8(2)13-16-20-10/h4-6H,3,7H2,1-2H3. The molecule has 0 radical (unpaired) electrons. The van der Waals surface area contributed by atoms with Crippen LogP contribution in [0.25, 0.3) is 11.6 Å². The van der Waals surface area contributed by atoms with E-state index in [0.717, 1.165) is 34.7 Å². The van der Waals surface area contributed by atoms with Crippen LogP contribution in [-0.4, -0.2) is 24.4 Å². The second kappa shape index (κ2) is 5.76. The van der Waals surface area contributed by atoms with Crippen LogP contribution in [-0.2, 0) is 12.3 Å². The first-order valence-corrected chi connectivity index (χ1v) is 7.93. The Hall–Kier alpha value is -1.67. The molecule has 0 saturated heterocycles. The van der Waals surface area contributed by atoms with Gasteiger partial charge in [0.25, 0.3) is 0 Å². The summed E-state index contributed by atoms with van der Waals surface area (Å²) in [5.41, 5.74) is 0.983. The van der Waals surface area contributed by atoms with Crippen molar-refractivity contribution in [2.75, 3.05) is 0 Å². The average molecular weight is 307 g/mol. The van der Waals surface area contributed by atoms with E-state index in [1.165, 1.54) is 16.4 Å². The fourth-order valence-electron chi connectivity index (χ4n) is 1.78. The van der Waals surface area contributed by atoms with Gasteiger partial charge in [0.05, 0.1) is 16.8 Å². The Labute approximate surface area is 124 Å². The number of nitrogens with zero attached hydrogens (tertiary/aromatic N) is 5. The van der Waals surface area contributed by atoms with Crippen molar-refractivity contribution in [3.05, 3.63) is 29.0 Å². The van der Waals surface area contributed by atoms with Gasteiger partial charge in [-0.25, -0.2) is 0 Å². The quantitative estimate of drug-likeness (QED) is 0.675. The minimum Gasteiger partial charge on any atom is -0.461 e. The summed E-state index contributed by atoms with van der Waals surface area (Å²) in [5.74, 6) is 2.31. The normalized spacial score (nSPS) is 11.1. The molecule has 0 amide bonds. The van der Waals surface area contributed by atoms with Crippen molar-refractivity contribution in [3.63, 3.8) is 0 Å². The number of aryl methyl sites for hydroxylation is 1. The second-order valence-corrected chi connectivity index (χ2v) is 5.88. The molecule has 3 aromatic heterocycles. The predicted molar refractivity (Wildman–Crippen MR) is 77.6 cm³/mol. The Morgan fingerprint density at radius 3 is 2.90 bits per heavy atom. The summed E-state index contributed by atoms with van der Waals surface area (Å²) in [6.07, 6.45) is 1.64. The molecule has 0 aromatic carbocycles. The van der Waals surface area contributed by atoms with Gasteiger partial charge in [0.1, 0.15) is 0 Å². The number of rotatable bonds is 5.